The van der Waals surface area contributed by atoms with E-state index >= 15 is 0 Å². The standard InChI is InChI=1S/C17H22N6O/c1-12-11-14(20-16(19-12)13-3-4-13)22-7-9-23(10-8-22)17-18-6-5-15(21-17)24-2/h5-6,11,13H,3-4,7-10H2,1-2H3. The fourth-order valence-electron chi connectivity index (χ4n) is 2.99. The van der Waals surface area contributed by atoms with Gasteiger partial charge in [-0.2, -0.15) is 4.98 Å². The Bertz CT molecular complexity index is 725. The van der Waals surface area contributed by atoms with E-state index in [4.69, 9.17) is 9.72 Å². The van der Waals surface area contributed by atoms with Gasteiger partial charge in [-0.25, -0.2) is 15.0 Å². The fraction of sp³-hybridized carbons (Fsp3) is 0.529. The van der Waals surface area contributed by atoms with Crippen LogP contribution in [-0.2, 0) is 0 Å². The number of rotatable bonds is 4. The van der Waals surface area contributed by atoms with Crippen molar-refractivity contribution >= 4 is 11.8 Å². The number of methoxy groups -OCH3 is 1. The molecule has 1 saturated carbocycles. The lowest BCUT2D eigenvalue weighted by atomic mass is 10.3. The van der Waals surface area contributed by atoms with Crippen molar-refractivity contribution < 1.29 is 4.74 Å². The minimum Gasteiger partial charge on any atom is -0.481 e. The molecule has 0 bridgehead atoms. The number of nitrogens with zero attached hydrogens (tertiary/aromatic N) is 6. The summed E-state index contributed by atoms with van der Waals surface area (Å²) in [5, 5.41) is 0. The Morgan fingerprint density at radius 1 is 1.04 bits per heavy atom. The number of aryl methyl sites for hydroxylation is 1. The molecule has 2 fully saturated rings. The van der Waals surface area contributed by atoms with Crippen molar-refractivity contribution in [1.82, 2.24) is 19.9 Å². The largest absolute Gasteiger partial charge is 0.481 e. The average Bonchev–Trinajstić information content (AvgIpc) is 3.47. The van der Waals surface area contributed by atoms with Gasteiger partial charge in [0.15, 0.2) is 0 Å². The van der Waals surface area contributed by atoms with E-state index in [1.54, 1.807) is 19.4 Å². The van der Waals surface area contributed by atoms with Crippen LogP contribution >= 0.6 is 0 Å². The predicted molar refractivity (Wildman–Crippen MR) is 91.8 cm³/mol. The third kappa shape index (κ3) is 3.11. The molecule has 4 rings (SSSR count). The molecule has 2 aromatic rings. The van der Waals surface area contributed by atoms with Crippen LogP contribution in [-0.4, -0.2) is 53.2 Å². The van der Waals surface area contributed by atoms with E-state index in [0.717, 1.165) is 49.5 Å². The van der Waals surface area contributed by atoms with Gasteiger partial charge in [0, 0.05) is 56.1 Å². The van der Waals surface area contributed by atoms with Crippen LogP contribution in [0, 0.1) is 6.92 Å². The molecule has 1 aliphatic heterocycles. The highest BCUT2D eigenvalue weighted by molar-refractivity contribution is 5.44. The normalized spacial score (nSPS) is 17.9. The molecule has 0 N–H and O–H groups in total. The van der Waals surface area contributed by atoms with Gasteiger partial charge in [0.1, 0.15) is 11.6 Å². The van der Waals surface area contributed by atoms with Crippen molar-refractivity contribution in [3.63, 3.8) is 0 Å². The highest BCUT2D eigenvalue weighted by Gasteiger charge is 2.28. The summed E-state index contributed by atoms with van der Waals surface area (Å²) in [6.45, 7) is 5.60. The quantitative estimate of drug-likeness (QED) is 0.848. The average molecular weight is 326 g/mol. The molecule has 0 unspecified atom stereocenters. The van der Waals surface area contributed by atoms with Crippen molar-refractivity contribution in [2.24, 2.45) is 0 Å². The van der Waals surface area contributed by atoms with Gasteiger partial charge in [0.25, 0.3) is 0 Å². The Morgan fingerprint density at radius 2 is 1.79 bits per heavy atom. The number of piperazine rings is 1. The predicted octanol–water partition coefficient (Wildman–Crippen LogP) is 1.79. The minimum absolute atomic E-state index is 0.579. The maximum absolute atomic E-state index is 5.19. The number of aromatic nitrogens is 4. The number of hydrogen-bond acceptors (Lipinski definition) is 7. The first-order chi connectivity index (χ1) is 11.7. The summed E-state index contributed by atoms with van der Waals surface area (Å²) in [5.74, 6) is 3.98. The summed E-state index contributed by atoms with van der Waals surface area (Å²) in [4.78, 5) is 22.7. The first-order valence-corrected chi connectivity index (χ1v) is 8.45. The van der Waals surface area contributed by atoms with Crippen LogP contribution in [0.2, 0.25) is 0 Å². The van der Waals surface area contributed by atoms with Crippen LogP contribution in [0.5, 0.6) is 5.88 Å². The molecule has 0 radical (unpaired) electrons. The van der Waals surface area contributed by atoms with Crippen LogP contribution in [0.15, 0.2) is 18.3 Å². The number of ether oxygens (including phenoxy) is 1. The Balaban J connectivity index is 1.46. The molecule has 126 valence electrons. The van der Waals surface area contributed by atoms with Gasteiger partial charge >= 0.3 is 0 Å². The molecule has 7 nitrogen and oxygen atoms in total. The van der Waals surface area contributed by atoms with E-state index in [0.29, 0.717) is 11.8 Å². The Labute approximate surface area is 141 Å². The Kier molecular flexibility index (Phi) is 3.92. The first-order valence-electron chi connectivity index (χ1n) is 8.45. The maximum atomic E-state index is 5.19. The molecule has 0 aromatic carbocycles. The van der Waals surface area contributed by atoms with Crippen LogP contribution in [0.3, 0.4) is 0 Å². The van der Waals surface area contributed by atoms with Crippen molar-refractivity contribution in [3.05, 3.63) is 29.8 Å². The third-order valence-corrected chi connectivity index (χ3v) is 4.51. The molecular weight excluding hydrogens is 304 g/mol. The van der Waals surface area contributed by atoms with Crippen LogP contribution in [0.25, 0.3) is 0 Å². The van der Waals surface area contributed by atoms with Crippen LogP contribution in [0.1, 0.15) is 30.3 Å². The highest BCUT2D eigenvalue weighted by atomic mass is 16.5. The molecule has 1 saturated heterocycles. The summed E-state index contributed by atoms with van der Waals surface area (Å²) in [6, 6.07) is 3.85. The summed E-state index contributed by atoms with van der Waals surface area (Å²) in [5.41, 5.74) is 1.06. The van der Waals surface area contributed by atoms with E-state index in [1.165, 1.54) is 12.8 Å². The van der Waals surface area contributed by atoms with Gasteiger partial charge in [0.2, 0.25) is 11.8 Å². The zero-order valence-electron chi connectivity index (χ0n) is 14.1. The third-order valence-electron chi connectivity index (χ3n) is 4.51. The monoisotopic (exact) mass is 326 g/mol. The van der Waals surface area contributed by atoms with Gasteiger partial charge in [-0.15, -0.1) is 0 Å². The van der Waals surface area contributed by atoms with Crippen molar-refractivity contribution in [3.8, 4) is 5.88 Å². The summed E-state index contributed by atoms with van der Waals surface area (Å²) < 4.78 is 5.19. The lowest BCUT2D eigenvalue weighted by Gasteiger charge is -2.35. The van der Waals surface area contributed by atoms with Crippen molar-refractivity contribution in [2.75, 3.05) is 43.1 Å². The van der Waals surface area contributed by atoms with Crippen LogP contribution < -0.4 is 14.5 Å². The molecule has 0 amide bonds. The molecule has 2 aliphatic rings. The SMILES string of the molecule is COc1ccnc(N2CCN(c3cc(C)nc(C4CC4)n3)CC2)n1. The second-order valence-corrected chi connectivity index (χ2v) is 6.37. The summed E-state index contributed by atoms with van der Waals surface area (Å²) in [6.07, 6.45) is 4.19. The fourth-order valence-corrected chi connectivity index (χ4v) is 2.99. The van der Waals surface area contributed by atoms with Crippen LogP contribution in [0.4, 0.5) is 11.8 Å². The molecule has 0 spiro atoms. The smallest absolute Gasteiger partial charge is 0.228 e. The molecule has 7 heteroatoms. The molecule has 3 heterocycles. The molecule has 0 atom stereocenters. The second kappa shape index (κ2) is 6.22. The number of anilines is 2. The second-order valence-electron chi connectivity index (χ2n) is 6.37. The van der Waals surface area contributed by atoms with E-state index in [-0.39, 0.29) is 0 Å². The van der Waals surface area contributed by atoms with E-state index < -0.39 is 0 Å². The van der Waals surface area contributed by atoms with E-state index in [2.05, 4.69) is 37.7 Å². The van der Waals surface area contributed by atoms with Gasteiger partial charge in [0.05, 0.1) is 7.11 Å². The lowest BCUT2D eigenvalue weighted by Crippen LogP contribution is -2.47. The van der Waals surface area contributed by atoms with Gasteiger partial charge in [-0.3, -0.25) is 0 Å². The molecule has 2 aromatic heterocycles. The minimum atomic E-state index is 0.579. The molecular formula is C17H22N6O. The van der Waals surface area contributed by atoms with Gasteiger partial charge in [-0.1, -0.05) is 0 Å². The van der Waals surface area contributed by atoms with E-state index in [1.807, 2.05) is 0 Å². The lowest BCUT2D eigenvalue weighted by molar-refractivity contribution is 0.396. The molecule has 1 aliphatic carbocycles. The Morgan fingerprint density at radius 3 is 2.50 bits per heavy atom. The first kappa shape index (κ1) is 15.1. The topological polar surface area (TPSA) is 67.3 Å². The maximum Gasteiger partial charge on any atom is 0.228 e. The summed E-state index contributed by atoms with van der Waals surface area (Å²) in [7, 11) is 1.62. The summed E-state index contributed by atoms with van der Waals surface area (Å²) >= 11 is 0. The Hall–Kier alpha value is -2.44. The number of hydrogen-bond donors (Lipinski definition) is 0. The van der Waals surface area contributed by atoms with Gasteiger partial charge < -0.3 is 14.5 Å². The highest BCUT2D eigenvalue weighted by Crippen LogP contribution is 2.38. The van der Waals surface area contributed by atoms with Crippen molar-refractivity contribution in [1.29, 1.82) is 0 Å². The van der Waals surface area contributed by atoms with Crippen molar-refractivity contribution in [2.45, 2.75) is 25.7 Å². The zero-order valence-corrected chi connectivity index (χ0v) is 14.1. The molecule has 24 heavy (non-hydrogen) atoms. The van der Waals surface area contributed by atoms with E-state index in [9.17, 15) is 0 Å². The zero-order chi connectivity index (χ0) is 16.5. The van der Waals surface area contributed by atoms with Gasteiger partial charge in [-0.05, 0) is 19.8 Å².